The molecule has 0 aliphatic rings. The van der Waals surface area contributed by atoms with E-state index in [0.29, 0.717) is 5.56 Å². The van der Waals surface area contributed by atoms with E-state index in [0.717, 1.165) is 5.56 Å². The van der Waals surface area contributed by atoms with Gasteiger partial charge in [-0.25, -0.2) is 12.8 Å². The van der Waals surface area contributed by atoms with Gasteiger partial charge in [-0.3, -0.25) is 4.79 Å². The molecule has 0 saturated heterocycles. The molecule has 0 aliphatic heterocycles. The Morgan fingerprint density at radius 3 is 2.38 bits per heavy atom. The van der Waals surface area contributed by atoms with Gasteiger partial charge in [0.25, 0.3) is 5.91 Å². The molecule has 1 atom stereocenters. The van der Waals surface area contributed by atoms with Crippen molar-refractivity contribution < 1.29 is 17.6 Å². The third-order valence-corrected chi connectivity index (χ3v) is 5.65. The second-order valence-electron chi connectivity index (χ2n) is 5.60. The number of rotatable bonds is 5. The highest BCUT2D eigenvalue weighted by atomic mass is 32.2. The Bertz CT molecular complexity index is 845. The fraction of sp³-hybridized carbons (Fsp3) is 0.278. The molecule has 0 saturated carbocycles. The summed E-state index contributed by atoms with van der Waals surface area (Å²) in [4.78, 5) is 12.5. The van der Waals surface area contributed by atoms with Crippen LogP contribution >= 0.6 is 0 Å². The van der Waals surface area contributed by atoms with Crippen molar-refractivity contribution in [2.24, 2.45) is 0 Å². The first kappa shape index (κ1) is 18.1. The Morgan fingerprint density at radius 1 is 1.17 bits per heavy atom. The van der Waals surface area contributed by atoms with Gasteiger partial charge >= 0.3 is 0 Å². The summed E-state index contributed by atoms with van der Waals surface area (Å²) < 4.78 is 37.6. The van der Waals surface area contributed by atoms with Gasteiger partial charge < -0.3 is 5.32 Å². The Balaban J connectivity index is 2.16. The average molecular weight is 349 g/mol. The predicted molar refractivity (Wildman–Crippen MR) is 91.2 cm³/mol. The van der Waals surface area contributed by atoms with E-state index < -0.39 is 21.6 Å². The van der Waals surface area contributed by atoms with Crippen molar-refractivity contribution >= 4 is 15.7 Å². The second kappa shape index (κ2) is 7.13. The Labute approximate surface area is 141 Å². The molecule has 0 heterocycles. The first-order chi connectivity index (χ1) is 11.3. The molecule has 0 spiro atoms. The third kappa shape index (κ3) is 3.82. The fourth-order valence-electron chi connectivity index (χ4n) is 2.31. The normalized spacial score (nSPS) is 12.7. The van der Waals surface area contributed by atoms with Crippen molar-refractivity contribution in [3.8, 4) is 0 Å². The molecule has 2 aromatic rings. The number of nitrogens with one attached hydrogen (secondary N) is 1. The Hall–Kier alpha value is -2.21. The number of benzene rings is 2. The van der Waals surface area contributed by atoms with E-state index in [4.69, 9.17) is 0 Å². The quantitative estimate of drug-likeness (QED) is 0.900. The van der Waals surface area contributed by atoms with E-state index in [1.54, 1.807) is 45.0 Å². The fourth-order valence-corrected chi connectivity index (χ4v) is 3.20. The number of carbonyl (C=O) groups is 1. The van der Waals surface area contributed by atoms with Crippen molar-refractivity contribution in [1.29, 1.82) is 0 Å². The molecular formula is C18H20FNO3S. The zero-order valence-corrected chi connectivity index (χ0v) is 14.7. The summed E-state index contributed by atoms with van der Waals surface area (Å²) in [6.45, 7) is 4.94. The minimum absolute atomic E-state index is 0.00738. The van der Waals surface area contributed by atoms with E-state index in [9.17, 15) is 17.6 Å². The van der Waals surface area contributed by atoms with Crippen molar-refractivity contribution in [3.63, 3.8) is 0 Å². The lowest BCUT2D eigenvalue weighted by Gasteiger charge is -2.15. The highest BCUT2D eigenvalue weighted by Gasteiger charge is 2.17. The molecule has 24 heavy (non-hydrogen) atoms. The maximum atomic E-state index is 14.0. The number of halogens is 1. The van der Waals surface area contributed by atoms with Crippen LogP contribution in [0.5, 0.6) is 0 Å². The monoisotopic (exact) mass is 349 g/mol. The van der Waals surface area contributed by atoms with Crippen molar-refractivity contribution in [1.82, 2.24) is 5.32 Å². The van der Waals surface area contributed by atoms with E-state index >= 15 is 0 Å². The summed E-state index contributed by atoms with van der Waals surface area (Å²) in [5.74, 6) is -1.01. The molecular weight excluding hydrogens is 329 g/mol. The van der Waals surface area contributed by atoms with Gasteiger partial charge in [0.05, 0.1) is 22.3 Å². The summed E-state index contributed by atoms with van der Waals surface area (Å²) >= 11 is 0. The van der Waals surface area contributed by atoms with Crippen LogP contribution in [0.15, 0.2) is 47.4 Å². The second-order valence-corrected chi connectivity index (χ2v) is 7.88. The number of aryl methyl sites for hydroxylation is 1. The van der Waals surface area contributed by atoms with E-state index in [-0.39, 0.29) is 22.3 Å². The van der Waals surface area contributed by atoms with Crippen LogP contribution in [0.1, 0.15) is 41.4 Å². The molecule has 0 aromatic heterocycles. The maximum Gasteiger partial charge on any atom is 0.254 e. The average Bonchev–Trinajstić information content (AvgIpc) is 2.57. The van der Waals surface area contributed by atoms with Crippen LogP contribution in [-0.2, 0) is 9.84 Å². The van der Waals surface area contributed by atoms with Gasteiger partial charge in [-0.2, -0.15) is 0 Å². The highest BCUT2D eigenvalue weighted by Crippen LogP contribution is 2.19. The lowest BCUT2D eigenvalue weighted by Crippen LogP contribution is -2.27. The Morgan fingerprint density at radius 2 is 1.79 bits per heavy atom. The molecule has 2 rings (SSSR count). The van der Waals surface area contributed by atoms with Crippen molar-refractivity contribution in [2.45, 2.75) is 31.7 Å². The van der Waals surface area contributed by atoms with Crippen LogP contribution in [0.4, 0.5) is 4.39 Å². The molecule has 6 heteroatoms. The van der Waals surface area contributed by atoms with E-state index in [2.05, 4.69) is 5.32 Å². The van der Waals surface area contributed by atoms with Gasteiger partial charge in [0.15, 0.2) is 9.84 Å². The first-order valence-corrected chi connectivity index (χ1v) is 9.30. The molecule has 0 fully saturated rings. The molecule has 1 N–H and O–H groups in total. The van der Waals surface area contributed by atoms with Crippen LogP contribution in [0.2, 0.25) is 0 Å². The van der Waals surface area contributed by atoms with Gasteiger partial charge in [0.2, 0.25) is 0 Å². The van der Waals surface area contributed by atoms with Gasteiger partial charge in [0, 0.05) is 0 Å². The first-order valence-electron chi connectivity index (χ1n) is 7.65. The van der Waals surface area contributed by atoms with Crippen molar-refractivity contribution in [2.75, 3.05) is 5.75 Å². The zero-order chi connectivity index (χ0) is 17.9. The number of carbonyl (C=O) groups excluding carboxylic acids is 1. The minimum Gasteiger partial charge on any atom is -0.345 e. The van der Waals surface area contributed by atoms with Gasteiger partial charge in [-0.05, 0) is 43.2 Å². The summed E-state index contributed by atoms with van der Waals surface area (Å²) in [5, 5.41) is 2.72. The highest BCUT2D eigenvalue weighted by molar-refractivity contribution is 7.91. The maximum absolute atomic E-state index is 14.0. The number of hydrogen-bond donors (Lipinski definition) is 1. The molecule has 1 amide bonds. The third-order valence-electron chi connectivity index (χ3n) is 3.90. The van der Waals surface area contributed by atoms with Gasteiger partial charge in [-0.15, -0.1) is 0 Å². The topological polar surface area (TPSA) is 63.2 Å². The predicted octanol–water partition coefficient (Wildman–Crippen LogP) is 3.42. The van der Waals surface area contributed by atoms with Crippen LogP contribution in [0, 0.1) is 12.7 Å². The van der Waals surface area contributed by atoms with E-state index in [1.165, 1.54) is 18.2 Å². The molecule has 0 aliphatic carbocycles. The summed E-state index contributed by atoms with van der Waals surface area (Å²) in [5.41, 5.74) is 1.14. The zero-order valence-electron chi connectivity index (χ0n) is 13.8. The molecule has 2 aromatic carbocycles. The minimum atomic E-state index is -3.25. The molecule has 4 nitrogen and oxygen atoms in total. The van der Waals surface area contributed by atoms with Crippen LogP contribution in [0.3, 0.4) is 0 Å². The van der Waals surface area contributed by atoms with Gasteiger partial charge in [-0.1, -0.05) is 31.2 Å². The SMILES string of the molecule is CCS(=O)(=O)c1ccc([C@H](C)NC(=O)c2cccc(C)c2F)cc1. The lowest BCUT2D eigenvalue weighted by atomic mass is 10.1. The van der Waals surface area contributed by atoms with Crippen LogP contribution < -0.4 is 5.32 Å². The lowest BCUT2D eigenvalue weighted by molar-refractivity contribution is 0.0935. The number of amides is 1. The Kier molecular flexibility index (Phi) is 5.39. The van der Waals surface area contributed by atoms with Gasteiger partial charge in [0.1, 0.15) is 5.82 Å². The van der Waals surface area contributed by atoms with Crippen LogP contribution in [-0.4, -0.2) is 20.1 Å². The largest absolute Gasteiger partial charge is 0.345 e. The van der Waals surface area contributed by atoms with E-state index in [1.807, 2.05) is 0 Å². The molecule has 128 valence electrons. The summed E-state index contributed by atoms with van der Waals surface area (Å²) in [6, 6.07) is 10.6. The van der Waals surface area contributed by atoms with Crippen molar-refractivity contribution in [3.05, 3.63) is 65.0 Å². The number of hydrogen-bond acceptors (Lipinski definition) is 3. The molecule has 0 bridgehead atoms. The van der Waals surface area contributed by atoms with Crippen LogP contribution in [0.25, 0.3) is 0 Å². The molecule has 0 radical (unpaired) electrons. The summed E-state index contributed by atoms with van der Waals surface area (Å²) in [7, 11) is -3.25. The number of sulfone groups is 1. The summed E-state index contributed by atoms with van der Waals surface area (Å²) in [6.07, 6.45) is 0. The molecule has 0 unspecified atom stereocenters. The smallest absolute Gasteiger partial charge is 0.254 e. The standard InChI is InChI=1S/C18H20FNO3S/c1-4-24(22,23)15-10-8-14(9-11-15)13(3)20-18(21)16-7-5-6-12(2)17(16)19/h5-11,13H,4H2,1-3H3,(H,20,21)/t13-/m0/s1.